The van der Waals surface area contributed by atoms with E-state index in [1.54, 1.807) is 31.2 Å². The normalized spacial score (nSPS) is 15.2. The van der Waals surface area contributed by atoms with E-state index >= 15 is 0 Å². The van der Waals surface area contributed by atoms with Gasteiger partial charge in [-0.25, -0.2) is 4.39 Å². The van der Waals surface area contributed by atoms with Crippen LogP contribution < -0.4 is 10.2 Å². The van der Waals surface area contributed by atoms with Crippen LogP contribution in [0, 0.1) is 24.1 Å². The molecular formula is C24H23ClFN3O. The quantitative estimate of drug-likeness (QED) is 0.489. The van der Waals surface area contributed by atoms with Gasteiger partial charge in [0, 0.05) is 34.6 Å². The number of benzene rings is 2. The highest BCUT2D eigenvalue weighted by Crippen LogP contribution is 2.39. The number of allylic oxidation sites excluding steroid dienone is 1. The summed E-state index contributed by atoms with van der Waals surface area (Å²) in [4.78, 5) is 14.6. The second-order valence-corrected chi connectivity index (χ2v) is 8.37. The van der Waals surface area contributed by atoms with Crippen LogP contribution >= 0.6 is 11.6 Å². The van der Waals surface area contributed by atoms with Gasteiger partial charge in [-0.2, -0.15) is 5.26 Å². The fourth-order valence-electron chi connectivity index (χ4n) is 3.53. The van der Waals surface area contributed by atoms with Crippen molar-refractivity contribution in [2.24, 2.45) is 0 Å². The summed E-state index contributed by atoms with van der Waals surface area (Å²) < 4.78 is 14.9. The number of nitrogens with one attached hydrogen (secondary N) is 1. The Morgan fingerprint density at radius 1 is 1.30 bits per heavy atom. The highest BCUT2D eigenvalue weighted by atomic mass is 35.5. The lowest BCUT2D eigenvalue weighted by Gasteiger charge is -2.40. The summed E-state index contributed by atoms with van der Waals surface area (Å²) in [5, 5.41) is 12.7. The molecule has 0 unspecified atom stereocenters. The average molecular weight is 424 g/mol. The van der Waals surface area contributed by atoms with E-state index in [1.807, 2.05) is 24.9 Å². The molecule has 1 aliphatic rings. The SMILES string of the molecule is CC1=CC(C)(C)N(C)c2cc(F)c(/C=C(\C#N)C(=O)Nc3cccc(Cl)c3C)cc21. The van der Waals surface area contributed by atoms with Crippen LogP contribution in [0.25, 0.3) is 11.6 Å². The molecule has 0 radical (unpaired) electrons. The molecule has 1 amide bonds. The smallest absolute Gasteiger partial charge is 0.266 e. The number of hydrogen-bond acceptors (Lipinski definition) is 3. The summed E-state index contributed by atoms with van der Waals surface area (Å²) in [6.07, 6.45) is 3.39. The van der Waals surface area contributed by atoms with Crippen LogP contribution in [0.1, 0.15) is 37.5 Å². The molecule has 3 rings (SSSR count). The van der Waals surface area contributed by atoms with Gasteiger partial charge >= 0.3 is 0 Å². The molecule has 0 atom stereocenters. The van der Waals surface area contributed by atoms with E-state index in [0.717, 1.165) is 16.8 Å². The van der Waals surface area contributed by atoms with Crippen molar-refractivity contribution >= 4 is 40.5 Å². The average Bonchev–Trinajstić information content (AvgIpc) is 2.68. The number of carbonyl (C=O) groups is 1. The monoisotopic (exact) mass is 423 g/mol. The molecule has 0 fully saturated rings. The Balaban J connectivity index is 1.99. The first kappa shape index (κ1) is 21.6. The highest BCUT2D eigenvalue weighted by Gasteiger charge is 2.29. The van der Waals surface area contributed by atoms with Gasteiger partial charge in [-0.15, -0.1) is 0 Å². The Morgan fingerprint density at radius 3 is 2.67 bits per heavy atom. The Hall–Kier alpha value is -3.10. The predicted molar refractivity (Wildman–Crippen MR) is 121 cm³/mol. The molecule has 6 heteroatoms. The van der Waals surface area contributed by atoms with E-state index in [9.17, 15) is 14.4 Å². The minimum absolute atomic E-state index is 0.184. The maximum Gasteiger partial charge on any atom is 0.266 e. The Morgan fingerprint density at radius 2 is 2.00 bits per heavy atom. The van der Waals surface area contributed by atoms with Crippen LogP contribution in [-0.4, -0.2) is 18.5 Å². The first-order valence-electron chi connectivity index (χ1n) is 9.50. The fraction of sp³-hybridized carbons (Fsp3) is 0.250. The predicted octanol–water partition coefficient (Wildman–Crippen LogP) is 5.96. The summed E-state index contributed by atoms with van der Waals surface area (Å²) in [7, 11) is 1.91. The molecule has 1 heterocycles. The second kappa shape index (κ2) is 7.97. The van der Waals surface area contributed by atoms with Gasteiger partial charge in [0.1, 0.15) is 17.5 Å². The number of carbonyl (C=O) groups excluding carboxylic acids is 1. The first-order valence-corrected chi connectivity index (χ1v) is 9.88. The molecule has 0 saturated carbocycles. The highest BCUT2D eigenvalue weighted by molar-refractivity contribution is 6.31. The number of likely N-dealkylation sites (N-methyl/N-ethyl adjacent to an activating group) is 1. The number of rotatable bonds is 3. The van der Waals surface area contributed by atoms with E-state index in [0.29, 0.717) is 16.3 Å². The maximum absolute atomic E-state index is 14.9. The van der Waals surface area contributed by atoms with Gasteiger partial charge in [0.15, 0.2) is 0 Å². The number of anilines is 2. The lowest BCUT2D eigenvalue weighted by Crippen LogP contribution is -2.42. The van der Waals surface area contributed by atoms with E-state index < -0.39 is 11.7 Å². The summed E-state index contributed by atoms with van der Waals surface area (Å²) >= 11 is 6.08. The fourth-order valence-corrected chi connectivity index (χ4v) is 3.71. The van der Waals surface area contributed by atoms with Crippen molar-refractivity contribution < 1.29 is 9.18 Å². The minimum Gasteiger partial charge on any atom is -0.365 e. The van der Waals surface area contributed by atoms with Gasteiger partial charge in [0.2, 0.25) is 0 Å². The molecule has 0 aromatic heterocycles. The maximum atomic E-state index is 14.9. The third-order valence-corrected chi connectivity index (χ3v) is 5.93. The molecule has 0 saturated heterocycles. The molecule has 4 nitrogen and oxygen atoms in total. The lowest BCUT2D eigenvalue weighted by atomic mass is 9.88. The van der Waals surface area contributed by atoms with Gasteiger partial charge in [0.05, 0.1) is 5.54 Å². The number of amides is 1. The van der Waals surface area contributed by atoms with Gasteiger partial charge < -0.3 is 10.2 Å². The van der Waals surface area contributed by atoms with Crippen molar-refractivity contribution in [1.29, 1.82) is 5.26 Å². The standard InChI is InChI=1S/C24H23ClFN3O/c1-14-12-24(3,4)29(5)22-11-20(26)16(10-18(14)22)9-17(13-27)23(30)28-21-8-6-7-19(25)15(21)2/h6-12H,1-5H3,(H,28,30)/b17-9+. The van der Waals surface area contributed by atoms with E-state index in [1.165, 1.54) is 12.1 Å². The van der Waals surface area contributed by atoms with E-state index in [-0.39, 0.29) is 16.7 Å². The second-order valence-electron chi connectivity index (χ2n) is 7.97. The lowest BCUT2D eigenvalue weighted by molar-refractivity contribution is -0.112. The molecule has 154 valence electrons. The largest absolute Gasteiger partial charge is 0.365 e. The molecule has 1 aliphatic heterocycles. The van der Waals surface area contributed by atoms with Crippen LogP contribution in [0.15, 0.2) is 42.0 Å². The molecule has 2 aromatic rings. The van der Waals surface area contributed by atoms with E-state index in [4.69, 9.17) is 11.6 Å². The molecule has 1 N–H and O–H groups in total. The van der Waals surface area contributed by atoms with Crippen molar-refractivity contribution in [2.45, 2.75) is 33.2 Å². The number of nitriles is 1. The number of hydrogen-bond donors (Lipinski definition) is 1. The first-order chi connectivity index (χ1) is 14.0. The van der Waals surface area contributed by atoms with Crippen molar-refractivity contribution in [3.05, 3.63) is 69.5 Å². The van der Waals surface area contributed by atoms with Gasteiger partial charge in [-0.3, -0.25) is 4.79 Å². The molecule has 2 aromatic carbocycles. The Kier molecular flexibility index (Phi) is 5.74. The Bertz CT molecular complexity index is 1140. The molecule has 0 spiro atoms. The molecular weight excluding hydrogens is 401 g/mol. The van der Waals surface area contributed by atoms with Crippen LogP contribution in [0.5, 0.6) is 0 Å². The minimum atomic E-state index is -0.620. The number of fused-ring (bicyclic) bond motifs is 1. The molecule has 0 aliphatic carbocycles. The number of halogens is 2. The number of nitrogens with zero attached hydrogens (tertiary/aromatic N) is 2. The van der Waals surface area contributed by atoms with Crippen LogP contribution in [0.2, 0.25) is 5.02 Å². The summed E-state index contributed by atoms with van der Waals surface area (Å²) in [5.41, 5.74) is 3.59. The van der Waals surface area contributed by atoms with Crippen molar-refractivity contribution in [3.8, 4) is 6.07 Å². The topological polar surface area (TPSA) is 56.1 Å². The third-order valence-electron chi connectivity index (χ3n) is 5.52. The zero-order chi connectivity index (χ0) is 22.2. The van der Waals surface area contributed by atoms with Crippen molar-refractivity contribution in [2.75, 3.05) is 17.3 Å². The van der Waals surface area contributed by atoms with Gasteiger partial charge in [0.25, 0.3) is 5.91 Å². The summed E-state index contributed by atoms with van der Waals surface area (Å²) in [6, 6.07) is 10.1. The molecule has 30 heavy (non-hydrogen) atoms. The zero-order valence-electron chi connectivity index (χ0n) is 17.6. The summed E-state index contributed by atoms with van der Waals surface area (Å²) in [6.45, 7) is 7.85. The van der Waals surface area contributed by atoms with E-state index in [2.05, 4.69) is 25.2 Å². The van der Waals surface area contributed by atoms with Gasteiger partial charge in [-0.1, -0.05) is 23.7 Å². The van der Waals surface area contributed by atoms with Crippen LogP contribution in [-0.2, 0) is 4.79 Å². The van der Waals surface area contributed by atoms with Crippen LogP contribution in [0.3, 0.4) is 0 Å². The zero-order valence-corrected chi connectivity index (χ0v) is 18.4. The van der Waals surface area contributed by atoms with Crippen LogP contribution in [0.4, 0.5) is 15.8 Å². The van der Waals surface area contributed by atoms with Crippen molar-refractivity contribution in [1.82, 2.24) is 0 Å². The Labute approximate surface area is 181 Å². The van der Waals surface area contributed by atoms with Crippen molar-refractivity contribution in [3.63, 3.8) is 0 Å². The van der Waals surface area contributed by atoms with Gasteiger partial charge in [-0.05, 0) is 69.2 Å². The summed E-state index contributed by atoms with van der Waals surface area (Å²) in [5.74, 6) is -1.11. The third kappa shape index (κ3) is 3.96. The molecule has 0 bridgehead atoms.